The standard InChI is InChI=1S/C19H25N5O2/c1-13(25)15-6-8-16(9-7-15)23-19(26)17-12-18(22-14(2)21-17)20-10-5-11-24(3)4/h6-9,12H,5,10-11H2,1-4H3,(H,23,26)(H,20,21,22). The summed E-state index contributed by atoms with van der Waals surface area (Å²) in [6, 6.07) is 8.40. The molecular weight excluding hydrogens is 330 g/mol. The molecule has 1 amide bonds. The lowest BCUT2D eigenvalue weighted by molar-refractivity contribution is 0.101. The molecule has 0 bridgehead atoms. The van der Waals surface area contributed by atoms with Crippen molar-refractivity contribution in [2.75, 3.05) is 37.8 Å². The van der Waals surface area contributed by atoms with Crippen molar-refractivity contribution in [2.24, 2.45) is 0 Å². The smallest absolute Gasteiger partial charge is 0.274 e. The molecule has 26 heavy (non-hydrogen) atoms. The molecule has 0 aliphatic carbocycles. The third-order valence-electron chi connectivity index (χ3n) is 3.71. The van der Waals surface area contributed by atoms with Crippen molar-refractivity contribution >= 4 is 23.2 Å². The molecular formula is C19H25N5O2. The van der Waals surface area contributed by atoms with Crippen LogP contribution in [0.25, 0.3) is 0 Å². The summed E-state index contributed by atoms with van der Waals surface area (Å²) < 4.78 is 0. The lowest BCUT2D eigenvalue weighted by Gasteiger charge is -2.11. The molecule has 0 radical (unpaired) electrons. The molecule has 1 aromatic heterocycles. The van der Waals surface area contributed by atoms with Crippen LogP contribution in [0.1, 0.15) is 40.0 Å². The molecule has 2 N–H and O–H groups in total. The number of anilines is 2. The molecule has 0 spiro atoms. The Hall–Kier alpha value is -2.80. The Balaban J connectivity index is 2.02. The highest BCUT2D eigenvalue weighted by molar-refractivity contribution is 6.03. The minimum Gasteiger partial charge on any atom is -0.370 e. The van der Waals surface area contributed by atoms with Crippen LogP contribution in [0.2, 0.25) is 0 Å². The van der Waals surface area contributed by atoms with E-state index in [1.807, 2.05) is 14.1 Å². The van der Waals surface area contributed by atoms with Gasteiger partial charge in [0.05, 0.1) is 0 Å². The van der Waals surface area contributed by atoms with E-state index in [2.05, 4.69) is 25.5 Å². The molecule has 138 valence electrons. The van der Waals surface area contributed by atoms with E-state index in [0.29, 0.717) is 28.6 Å². The molecule has 7 heteroatoms. The Morgan fingerprint density at radius 1 is 1.12 bits per heavy atom. The molecule has 0 unspecified atom stereocenters. The Morgan fingerprint density at radius 2 is 1.81 bits per heavy atom. The first kappa shape index (κ1) is 19.5. The average molecular weight is 355 g/mol. The average Bonchev–Trinajstić information content (AvgIpc) is 2.58. The van der Waals surface area contributed by atoms with Crippen molar-refractivity contribution in [2.45, 2.75) is 20.3 Å². The number of rotatable bonds is 8. The zero-order valence-corrected chi connectivity index (χ0v) is 15.7. The molecule has 0 aliphatic heterocycles. The third kappa shape index (κ3) is 5.93. The molecule has 2 aromatic rings. The summed E-state index contributed by atoms with van der Waals surface area (Å²) in [5.74, 6) is 0.828. The van der Waals surface area contributed by atoms with E-state index >= 15 is 0 Å². The molecule has 0 atom stereocenters. The highest BCUT2D eigenvalue weighted by Gasteiger charge is 2.11. The van der Waals surface area contributed by atoms with Gasteiger partial charge in [0, 0.05) is 23.9 Å². The number of nitrogens with one attached hydrogen (secondary N) is 2. The summed E-state index contributed by atoms with van der Waals surface area (Å²) in [7, 11) is 4.06. The first-order valence-corrected chi connectivity index (χ1v) is 8.52. The fourth-order valence-electron chi connectivity index (χ4n) is 2.37. The molecule has 1 heterocycles. The summed E-state index contributed by atoms with van der Waals surface area (Å²) in [4.78, 5) is 34.4. The summed E-state index contributed by atoms with van der Waals surface area (Å²) in [5, 5.41) is 6.01. The summed E-state index contributed by atoms with van der Waals surface area (Å²) >= 11 is 0. The van der Waals surface area contributed by atoms with Crippen LogP contribution in [-0.4, -0.2) is 53.7 Å². The van der Waals surface area contributed by atoms with Crippen LogP contribution < -0.4 is 10.6 Å². The zero-order valence-electron chi connectivity index (χ0n) is 15.7. The maximum atomic E-state index is 12.5. The predicted molar refractivity (Wildman–Crippen MR) is 103 cm³/mol. The van der Waals surface area contributed by atoms with Crippen LogP contribution in [0, 0.1) is 6.92 Å². The molecule has 7 nitrogen and oxygen atoms in total. The van der Waals surface area contributed by atoms with Crippen molar-refractivity contribution < 1.29 is 9.59 Å². The van der Waals surface area contributed by atoms with Gasteiger partial charge in [-0.3, -0.25) is 9.59 Å². The summed E-state index contributed by atoms with van der Waals surface area (Å²) in [6.45, 7) is 5.00. The quantitative estimate of drug-likeness (QED) is 0.559. The van der Waals surface area contributed by atoms with Gasteiger partial charge < -0.3 is 15.5 Å². The second kappa shape index (κ2) is 9.05. The number of hydrogen-bond acceptors (Lipinski definition) is 6. The minimum atomic E-state index is -0.317. The molecule has 2 rings (SSSR count). The number of aromatic nitrogens is 2. The number of aryl methyl sites for hydroxylation is 1. The molecule has 0 fully saturated rings. The van der Waals surface area contributed by atoms with E-state index in [1.54, 1.807) is 37.3 Å². The van der Waals surface area contributed by atoms with E-state index in [-0.39, 0.29) is 11.7 Å². The second-order valence-corrected chi connectivity index (χ2v) is 6.36. The Morgan fingerprint density at radius 3 is 2.42 bits per heavy atom. The lowest BCUT2D eigenvalue weighted by atomic mass is 10.1. The van der Waals surface area contributed by atoms with Crippen LogP contribution >= 0.6 is 0 Å². The van der Waals surface area contributed by atoms with Gasteiger partial charge in [-0.15, -0.1) is 0 Å². The van der Waals surface area contributed by atoms with Crippen LogP contribution in [0.5, 0.6) is 0 Å². The van der Waals surface area contributed by atoms with Crippen molar-refractivity contribution in [1.82, 2.24) is 14.9 Å². The highest BCUT2D eigenvalue weighted by atomic mass is 16.2. The predicted octanol–water partition coefficient (Wildman–Crippen LogP) is 2.60. The second-order valence-electron chi connectivity index (χ2n) is 6.36. The van der Waals surface area contributed by atoms with Crippen LogP contribution in [0.15, 0.2) is 30.3 Å². The lowest BCUT2D eigenvalue weighted by Crippen LogP contribution is -2.18. The van der Waals surface area contributed by atoms with Crippen molar-refractivity contribution in [3.63, 3.8) is 0 Å². The number of ketones is 1. The van der Waals surface area contributed by atoms with Gasteiger partial charge >= 0.3 is 0 Å². The SMILES string of the molecule is CC(=O)c1ccc(NC(=O)c2cc(NCCCN(C)C)nc(C)n2)cc1. The number of benzene rings is 1. The topological polar surface area (TPSA) is 87.2 Å². The number of nitrogens with zero attached hydrogens (tertiary/aromatic N) is 3. The molecule has 0 saturated carbocycles. The molecule has 1 aromatic carbocycles. The van der Waals surface area contributed by atoms with Crippen LogP contribution in [0.3, 0.4) is 0 Å². The van der Waals surface area contributed by atoms with Gasteiger partial charge in [0.2, 0.25) is 0 Å². The fraction of sp³-hybridized carbons (Fsp3) is 0.368. The van der Waals surface area contributed by atoms with Crippen molar-refractivity contribution in [3.8, 4) is 0 Å². The molecule has 0 aliphatic rings. The number of carbonyl (C=O) groups excluding carboxylic acids is 2. The monoisotopic (exact) mass is 355 g/mol. The van der Waals surface area contributed by atoms with Crippen molar-refractivity contribution in [1.29, 1.82) is 0 Å². The summed E-state index contributed by atoms with van der Waals surface area (Å²) in [6.07, 6.45) is 0.972. The Kier molecular flexibility index (Phi) is 6.80. The number of Topliss-reactive ketones (excluding diaryl/α,β-unsaturated/α-hetero) is 1. The molecule has 0 saturated heterocycles. The Labute approximate surface area is 153 Å². The van der Waals surface area contributed by atoms with Gasteiger partial charge in [-0.05, 0) is 65.2 Å². The van der Waals surface area contributed by atoms with Gasteiger partial charge in [-0.1, -0.05) is 0 Å². The Bertz CT molecular complexity index is 772. The first-order valence-electron chi connectivity index (χ1n) is 8.52. The van der Waals surface area contributed by atoms with Crippen molar-refractivity contribution in [3.05, 3.63) is 47.4 Å². The highest BCUT2D eigenvalue weighted by Crippen LogP contribution is 2.13. The van der Waals surface area contributed by atoms with E-state index in [9.17, 15) is 9.59 Å². The van der Waals surface area contributed by atoms with E-state index < -0.39 is 0 Å². The van der Waals surface area contributed by atoms with E-state index in [0.717, 1.165) is 19.5 Å². The zero-order chi connectivity index (χ0) is 19.1. The normalized spacial score (nSPS) is 10.7. The minimum absolute atomic E-state index is 0.0146. The van der Waals surface area contributed by atoms with E-state index in [4.69, 9.17) is 0 Å². The number of carbonyl (C=O) groups is 2. The largest absolute Gasteiger partial charge is 0.370 e. The number of hydrogen-bond donors (Lipinski definition) is 2. The van der Waals surface area contributed by atoms with Gasteiger partial charge in [0.15, 0.2) is 5.78 Å². The fourth-order valence-corrected chi connectivity index (χ4v) is 2.37. The number of amides is 1. The van der Waals surface area contributed by atoms with E-state index in [1.165, 1.54) is 6.92 Å². The maximum absolute atomic E-state index is 12.5. The van der Waals surface area contributed by atoms with Gasteiger partial charge in [0.25, 0.3) is 5.91 Å². The van der Waals surface area contributed by atoms with Gasteiger partial charge in [-0.25, -0.2) is 9.97 Å². The summed E-state index contributed by atoms with van der Waals surface area (Å²) in [5.41, 5.74) is 1.50. The van der Waals surface area contributed by atoms with Crippen LogP contribution in [-0.2, 0) is 0 Å². The van der Waals surface area contributed by atoms with Gasteiger partial charge in [0.1, 0.15) is 17.3 Å². The maximum Gasteiger partial charge on any atom is 0.274 e. The third-order valence-corrected chi connectivity index (χ3v) is 3.71. The van der Waals surface area contributed by atoms with Gasteiger partial charge in [-0.2, -0.15) is 0 Å². The van der Waals surface area contributed by atoms with Crippen LogP contribution in [0.4, 0.5) is 11.5 Å². The first-order chi connectivity index (χ1) is 12.3.